The number of hydrogen-bond acceptors (Lipinski definition) is 4. The van der Waals surface area contributed by atoms with Crippen molar-refractivity contribution in [2.24, 2.45) is 0 Å². The minimum Gasteiger partial charge on any atom is -0.229 e. The largest absolute Gasteiger partial charge is 0.269 e. The molecule has 0 saturated carbocycles. The Morgan fingerprint density at radius 1 is 1.05 bits per heavy atom. The topological polar surface area (TPSA) is 64.8 Å². The van der Waals surface area contributed by atoms with Crippen molar-refractivity contribution in [3.63, 3.8) is 0 Å². The maximum atomic E-state index is 12.5. The van der Waals surface area contributed by atoms with Crippen molar-refractivity contribution in [2.75, 3.05) is 0 Å². The minimum atomic E-state index is -3.63. The smallest absolute Gasteiger partial charge is 0.229 e. The molecule has 0 aliphatic heterocycles. The van der Waals surface area contributed by atoms with Crippen LogP contribution in [-0.2, 0) is 10.0 Å². The minimum absolute atomic E-state index is 0.224. The van der Waals surface area contributed by atoms with Crippen LogP contribution in [-0.4, -0.2) is 22.4 Å². The first-order valence-electron chi connectivity index (χ1n) is 5.39. The molecule has 0 aliphatic carbocycles. The Morgan fingerprint density at radius 3 is 2.53 bits per heavy atom. The summed E-state index contributed by atoms with van der Waals surface area (Å²) in [6.07, 6.45) is 2.80. The molecule has 5 nitrogen and oxygen atoms in total. The second-order valence-electron chi connectivity index (χ2n) is 3.83. The average molecular weight is 338 g/mol. The SMILES string of the molecule is O=S(=O)(c1ccccc1)n1ccc2c(Br)ncnc21. The summed E-state index contributed by atoms with van der Waals surface area (Å²) in [6, 6.07) is 9.91. The molecule has 0 bridgehead atoms. The zero-order valence-corrected chi connectivity index (χ0v) is 12.0. The van der Waals surface area contributed by atoms with Crippen LogP contribution in [0.25, 0.3) is 11.0 Å². The second kappa shape index (κ2) is 4.43. The molecule has 0 saturated heterocycles. The van der Waals surface area contributed by atoms with E-state index in [1.165, 1.54) is 12.5 Å². The van der Waals surface area contributed by atoms with E-state index in [2.05, 4.69) is 25.9 Å². The van der Waals surface area contributed by atoms with Gasteiger partial charge in [-0.3, -0.25) is 0 Å². The molecular formula is C12H8BrN3O2S. The Morgan fingerprint density at radius 2 is 1.79 bits per heavy atom. The van der Waals surface area contributed by atoms with Crippen molar-refractivity contribution in [1.29, 1.82) is 0 Å². The molecule has 2 aromatic heterocycles. The number of fused-ring (bicyclic) bond motifs is 1. The van der Waals surface area contributed by atoms with E-state index in [4.69, 9.17) is 0 Å². The van der Waals surface area contributed by atoms with Crippen molar-refractivity contribution in [3.05, 3.63) is 53.5 Å². The molecule has 1 aromatic carbocycles. The van der Waals surface area contributed by atoms with E-state index in [9.17, 15) is 8.42 Å². The van der Waals surface area contributed by atoms with Crippen LogP contribution >= 0.6 is 15.9 Å². The van der Waals surface area contributed by atoms with Crippen molar-refractivity contribution >= 4 is 37.0 Å². The zero-order chi connectivity index (χ0) is 13.5. The molecule has 3 rings (SSSR count). The molecule has 96 valence electrons. The van der Waals surface area contributed by atoms with Gasteiger partial charge in [0, 0.05) is 6.20 Å². The van der Waals surface area contributed by atoms with Gasteiger partial charge in [-0.2, -0.15) is 0 Å². The van der Waals surface area contributed by atoms with E-state index < -0.39 is 10.0 Å². The summed E-state index contributed by atoms with van der Waals surface area (Å²) in [7, 11) is -3.63. The third-order valence-corrected chi connectivity index (χ3v) is 5.01. The molecule has 3 aromatic rings. The monoisotopic (exact) mass is 337 g/mol. The summed E-state index contributed by atoms with van der Waals surface area (Å²) >= 11 is 3.27. The van der Waals surface area contributed by atoms with Crippen molar-refractivity contribution in [3.8, 4) is 0 Å². The highest BCUT2D eigenvalue weighted by Gasteiger charge is 2.19. The van der Waals surface area contributed by atoms with Gasteiger partial charge in [0.15, 0.2) is 5.65 Å². The number of hydrogen-bond donors (Lipinski definition) is 0. The molecular weight excluding hydrogens is 330 g/mol. The summed E-state index contributed by atoms with van der Waals surface area (Å²) in [5.41, 5.74) is 0.353. The van der Waals surface area contributed by atoms with Crippen LogP contribution < -0.4 is 0 Å². The van der Waals surface area contributed by atoms with Gasteiger partial charge in [0.05, 0.1) is 10.3 Å². The number of halogens is 1. The second-order valence-corrected chi connectivity index (χ2v) is 6.40. The standard InChI is InChI=1S/C12H8BrN3O2S/c13-11-10-6-7-16(12(10)15-8-14-11)19(17,18)9-4-2-1-3-5-9/h1-8H. The Hall–Kier alpha value is -1.73. The highest BCUT2D eigenvalue weighted by Crippen LogP contribution is 2.24. The van der Waals surface area contributed by atoms with E-state index >= 15 is 0 Å². The average Bonchev–Trinajstić information content (AvgIpc) is 2.86. The predicted octanol–water partition coefficient (Wildman–Crippen LogP) is 2.43. The molecule has 2 heterocycles. The van der Waals surface area contributed by atoms with Crippen LogP contribution in [0.2, 0.25) is 0 Å². The van der Waals surface area contributed by atoms with Crippen molar-refractivity contribution in [1.82, 2.24) is 13.9 Å². The normalized spacial score (nSPS) is 11.8. The van der Waals surface area contributed by atoms with Gasteiger partial charge in [0.25, 0.3) is 10.0 Å². The van der Waals surface area contributed by atoms with E-state index in [1.54, 1.807) is 36.4 Å². The van der Waals surface area contributed by atoms with Crippen molar-refractivity contribution < 1.29 is 8.42 Å². The number of rotatable bonds is 2. The van der Waals surface area contributed by atoms with Gasteiger partial charge in [-0.1, -0.05) is 18.2 Å². The summed E-state index contributed by atoms with van der Waals surface area (Å²) in [6.45, 7) is 0. The molecule has 0 fully saturated rings. The fourth-order valence-electron chi connectivity index (χ4n) is 1.80. The molecule has 0 atom stereocenters. The Labute approximate surface area is 118 Å². The Balaban J connectivity index is 2.29. The van der Waals surface area contributed by atoms with Gasteiger partial charge < -0.3 is 0 Å². The maximum absolute atomic E-state index is 12.5. The fourth-order valence-corrected chi connectivity index (χ4v) is 3.52. The van der Waals surface area contributed by atoms with Crippen LogP contribution in [0.15, 0.2) is 58.4 Å². The third-order valence-electron chi connectivity index (χ3n) is 2.70. The van der Waals surface area contributed by atoms with Gasteiger partial charge in [0.2, 0.25) is 0 Å². The maximum Gasteiger partial charge on any atom is 0.269 e. The van der Waals surface area contributed by atoms with Crippen LogP contribution in [0.3, 0.4) is 0 Å². The molecule has 0 unspecified atom stereocenters. The summed E-state index contributed by atoms with van der Waals surface area (Å²) < 4.78 is 26.7. The zero-order valence-electron chi connectivity index (χ0n) is 9.56. The van der Waals surface area contributed by atoms with Gasteiger partial charge >= 0.3 is 0 Å². The highest BCUT2D eigenvalue weighted by atomic mass is 79.9. The van der Waals surface area contributed by atoms with Gasteiger partial charge in [-0.15, -0.1) is 0 Å². The molecule has 0 aliphatic rings. The molecule has 0 N–H and O–H groups in total. The van der Waals surface area contributed by atoms with E-state index in [-0.39, 0.29) is 4.90 Å². The fraction of sp³-hybridized carbons (Fsp3) is 0. The molecule has 0 amide bonds. The first-order valence-corrected chi connectivity index (χ1v) is 7.62. The number of nitrogens with zero attached hydrogens (tertiary/aromatic N) is 3. The van der Waals surface area contributed by atoms with E-state index in [0.29, 0.717) is 15.6 Å². The summed E-state index contributed by atoms with van der Waals surface area (Å²) in [5.74, 6) is 0. The first-order chi connectivity index (χ1) is 9.10. The van der Waals surface area contributed by atoms with Crippen LogP contribution in [0.5, 0.6) is 0 Å². The third kappa shape index (κ3) is 1.95. The van der Waals surface area contributed by atoms with Gasteiger partial charge in [-0.05, 0) is 34.1 Å². The lowest BCUT2D eigenvalue weighted by Gasteiger charge is -2.06. The lowest BCUT2D eigenvalue weighted by Crippen LogP contribution is -2.12. The van der Waals surface area contributed by atoms with Gasteiger partial charge in [-0.25, -0.2) is 22.4 Å². The molecule has 0 radical (unpaired) electrons. The lowest BCUT2D eigenvalue weighted by molar-refractivity contribution is 0.588. The van der Waals surface area contributed by atoms with Crippen LogP contribution in [0.1, 0.15) is 0 Å². The van der Waals surface area contributed by atoms with Crippen LogP contribution in [0.4, 0.5) is 0 Å². The Kier molecular flexibility index (Phi) is 2.87. The van der Waals surface area contributed by atoms with Gasteiger partial charge in [0.1, 0.15) is 10.9 Å². The molecule has 7 heteroatoms. The predicted molar refractivity (Wildman–Crippen MR) is 74.3 cm³/mol. The molecule has 19 heavy (non-hydrogen) atoms. The Bertz CT molecular complexity index is 844. The quantitative estimate of drug-likeness (QED) is 0.673. The van der Waals surface area contributed by atoms with E-state index in [0.717, 1.165) is 3.97 Å². The lowest BCUT2D eigenvalue weighted by atomic mass is 10.4. The first kappa shape index (κ1) is 12.3. The van der Waals surface area contributed by atoms with E-state index in [1.807, 2.05) is 0 Å². The number of aromatic nitrogens is 3. The summed E-state index contributed by atoms with van der Waals surface area (Å²) in [5, 5.41) is 0.655. The number of benzene rings is 1. The summed E-state index contributed by atoms with van der Waals surface area (Å²) in [4.78, 5) is 8.23. The van der Waals surface area contributed by atoms with Crippen LogP contribution in [0, 0.1) is 0 Å². The molecule has 0 spiro atoms. The highest BCUT2D eigenvalue weighted by molar-refractivity contribution is 9.10. The van der Waals surface area contributed by atoms with Crippen molar-refractivity contribution in [2.45, 2.75) is 4.90 Å².